The van der Waals surface area contributed by atoms with Gasteiger partial charge < -0.3 is 30.5 Å². The highest BCUT2D eigenvalue weighted by Gasteiger charge is 2.54. The molecule has 0 unspecified atom stereocenters. The van der Waals surface area contributed by atoms with Gasteiger partial charge in [0.2, 0.25) is 11.5 Å². The number of rotatable bonds is 8. The maximum atomic E-state index is 13.0. The highest BCUT2D eigenvalue weighted by molar-refractivity contribution is 8.00. The molecule has 37 heavy (non-hydrogen) atoms. The number of hydrogen-bond donors (Lipinski definition) is 4. The summed E-state index contributed by atoms with van der Waals surface area (Å²) in [5, 5.41) is 25.3. The molecule has 1 fully saturated rings. The van der Waals surface area contributed by atoms with E-state index in [1.165, 1.54) is 23.8 Å². The minimum absolute atomic E-state index is 0.0449. The van der Waals surface area contributed by atoms with Crippen molar-refractivity contribution in [1.29, 1.82) is 0 Å². The van der Waals surface area contributed by atoms with Crippen LogP contribution in [0.5, 0.6) is 0 Å². The number of nitrogen functional groups attached to an aromatic ring is 1. The number of amides is 2. The van der Waals surface area contributed by atoms with Crippen LogP contribution in [0.15, 0.2) is 47.3 Å². The lowest BCUT2D eigenvalue weighted by atomic mass is 10.0. The zero-order chi connectivity index (χ0) is 26.3. The van der Waals surface area contributed by atoms with Crippen molar-refractivity contribution in [2.24, 2.45) is 5.16 Å². The molecule has 5 N–H and O–H groups in total. The van der Waals surface area contributed by atoms with Crippen molar-refractivity contribution < 1.29 is 34.0 Å². The first-order valence-electron chi connectivity index (χ1n) is 10.8. The Kier molecular flexibility index (Phi) is 6.53. The Morgan fingerprint density at radius 3 is 2.89 bits per heavy atom. The van der Waals surface area contributed by atoms with E-state index in [0.717, 1.165) is 22.6 Å². The second-order valence-electron chi connectivity index (χ2n) is 8.09. The molecule has 16 heteroatoms. The number of anilines is 1. The molecule has 14 nitrogen and oxygen atoms in total. The SMILES string of the molecule is CO/N=C(\C(=O)N[C@@H]1C(=O)N2C(C(=O)O)=C(C[n+]3ccn4ccc(CO)c4c3)CS[C@H]12)c1nsc(N)n1. The fourth-order valence-corrected chi connectivity index (χ4v) is 5.98. The number of nitrogens with two attached hydrogens (primary N) is 1. The van der Waals surface area contributed by atoms with E-state index < -0.39 is 29.2 Å². The van der Waals surface area contributed by atoms with Crippen LogP contribution < -0.4 is 15.6 Å². The smallest absolute Gasteiger partial charge is 0.352 e. The molecular formula is C21H21N8O6S2+. The fourth-order valence-electron chi connectivity index (χ4n) is 4.21. The second kappa shape index (κ2) is 9.79. The van der Waals surface area contributed by atoms with Gasteiger partial charge in [0.05, 0.1) is 12.8 Å². The lowest BCUT2D eigenvalue weighted by Gasteiger charge is -2.49. The van der Waals surface area contributed by atoms with E-state index in [4.69, 9.17) is 10.6 Å². The van der Waals surface area contributed by atoms with Crippen molar-refractivity contribution in [3.05, 3.63) is 53.5 Å². The van der Waals surface area contributed by atoms with Crippen molar-refractivity contribution >= 4 is 57.4 Å². The fraction of sp³-hybridized carbons (Fsp3) is 0.286. The predicted molar refractivity (Wildman–Crippen MR) is 131 cm³/mol. The first-order valence-corrected chi connectivity index (χ1v) is 12.7. The van der Waals surface area contributed by atoms with Gasteiger partial charge in [-0.05, 0) is 6.07 Å². The Labute approximate surface area is 217 Å². The predicted octanol–water partition coefficient (Wildman–Crippen LogP) is -1.06. The molecule has 2 atom stereocenters. The molecule has 0 aromatic carbocycles. The minimum atomic E-state index is -1.23. The van der Waals surface area contributed by atoms with Gasteiger partial charge in [0.25, 0.3) is 11.8 Å². The Balaban J connectivity index is 1.36. The van der Waals surface area contributed by atoms with Crippen LogP contribution in [0.25, 0.3) is 5.52 Å². The summed E-state index contributed by atoms with van der Waals surface area (Å²) in [6.45, 7) is 0.107. The summed E-state index contributed by atoms with van der Waals surface area (Å²) < 4.78 is 7.60. The number of carboxylic acid groups (broad SMARTS) is 1. The number of oxime groups is 1. The zero-order valence-corrected chi connectivity index (χ0v) is 20.9. The van der Waals surface area contributed by atoms with Crippen molar-refractivity contribution in [1.82, 2.24) is 24.0 Å². The van der Waals surface area contributed by atoms with Crippen LogP contribution in [0, 0.1) is 0 Å². The maximum Gasteiger partial charge on any atom is 0.352 e. The van der Waals surface area contributed by atoms with Gasteiger partial charge in [-0.1, -0.05) is 5.16 Å². The molecular weight excluding hydrogens is 524 g/mol. The van der Waals surface area contributed by atoms with Crippen molar-refractivity contribution in [3.8, 4) is 0 Å². The molecule has 1 saturated heterocycles. The summed E-state index contributed by atoms with van der Waals surface area (Å²) in [6.07, 6.45) is 7.22. The van der Waals surface area contributed by atoms with Gasteiger partial charge in [-0.2, -0.15) is 13.9 Å². The molecule has 192 valence electrons. The summed E-state index contributed by atoms with van der Waals surface area (Å²) in [7, 11) is 1.25. The molecule has 2 aliphatic heterocycles. The van der Waals surface area contributed by atoms with Gasteiger partial charge in [-0.3, -0.25) is 14.5 Å². The summed E-state index contributed by atoms with van der Waals surface area (Å²) >= 11 is 2.22. The van der Waals surface area contributed by atoms with Crippen LogP contribution in [-0.4, -0.2) is 76.6 Å². The van der Waals surface area contributed by atoms with Gasteiger partial charge in [0.15, 0.2) is 24.1 Å². The summed E-state index contributed by atoms with van der Waals surface area (Å²) in [4.78, 5) is 47.9. The number of nitrogens with one attached hydrogen (secondary N) is 1. The van der Waals surface area contributed by atoms with E-state index in [0.29, 0.717) is 11.3 Å². The molecule has 2 amide bonds. The van der Waals surface area contributed by atoms with E-state index in [2.05, 4.69) is 19.8 Å². The van der Waals surface area contributed by atoms with E-state index in [9.17, 15) is 24.6 Å². The molecule has 3 aromatic rings. The van der Waals surface area contributed by atoms with Gasteiger partial charge in [0, 0.05) is 34.6 Å². The number of aliphatic carboxylic acids is 1. The zero-order valence-electron chi connectivity index (χ0n) is 19.3. The normalized spacial score (nSPS) is 19.6. The average Bonchev–Trinajstić information content (AvgIpc) is 3.50. The molecule has 5 heterocycles. The lowest BCUT2D eigenvalue weighted by Crippen LogP contribution is -2.71. The summed E-state index contributed by atoms with van der Waals surface area (Å²) in [5.41, 5.74) is 7.30. The Bertz CT molecular complexity index is 1480. The molecule has 0 spiro atoms. The maximum absolute atomic E-state index is 13.0. The number of carboxylic acids is 1. The number of thioether (sulfide) groups is 1. The van der Waals surface area contributed by atoms with Crippen molar-refractivity contribution in [3.63, 3.8) is 0 Å². The van der Waals surface area contributed by atoms with Gasteiger partial charge >= 0.3 is 5.97 Å². The molecule has 0 radical (unpaired) electrons. The largest absolute Gasteiger partial charge is 0.477 e. The Morgan fingerprint density at radius 1 is 1.41 bits per heavy atom. The number of hydrogen-bond acceptors (Lipinski definition) is 11. The Hall–Kier alpha value is -4.02. The number of aliphatic hydroxyl groups is 1. The first kappa shape index (κ1) is 24.7. The van der Waals surface area contributed by atoms with Crippen LogP contribution in [0.4, 0.5) is 5.13 Å². The first-order chi connectivity index (χ1) is 17.8. The van der Waals surface area contributed by atoms with E-state index >= 15 is 0 Å². The van der Waals surface area contributed by atoms with Crippen molar-refractivity contribution in [2.45, 2.75) is 24.6 Å². The molecule has 0 aliphatic carbocycles. The molecule has 0 saturated carbocycles. The molecule has 3 aromatic heterocycles. The van der Waals surface area contributed by atoms with E-state index in [1.807, 2.05) is 16.8 Å². The third-order valence-electron chi connectivity index (χ3n) is 5.88. The molecule has 0 bridgehead atoms. The molecule has 2 aliphatic rings. The second-order valence-corrected chi connectivity index (χ2v) is 9.98. The third-order valence-corrected chi connectivity index (χ3v) is 7.76. The average molecular weight is 546 g/mol. The number of β-lactam (4-membered cyclic amide) rings is 1. The number of aliphatic hydroxyl groups excluding tert-OH is 1. The number of aromatic nitrogens is 4. The minimum Gasteiger partial charge on any atom is -0.477 e. The number of fused-ring (bicyclic) bond motifs is 2. The number of carbonyl (C=O) groups is 3. The number of carbonyl (C=O) groups excluding carboxylic acids is 2. The topological polar surface area (TPSA) is 189 Å². The van der Waals surface area contributed by atoms with Crippen LogP contribution in [0.1, 0.15) is 11.4 Å². The van der Waals surface area contributed by atoms with Crippen molar-refractivity contribution in [2.75, 3.05) is 18.6 Å². The summed E-state index contributed by atoms with van der Waals surface area (Å²) in [6, 6.07) is 0.834. The van der Waals surface area contributed by atoms with Gasteiger partial charge in [0.1, 0.15) is 29.7 Å². The summed E-state index contributed by atoms with van der Waals surface area (Å²) in [5.74, 6) is -2.25. The highest BCUT2D eigenvalue weighted by atomic mass is 32.2. The van der Waals surface area contributed by atoms with Crippen LogP contribution in [0.3, 0.4) is 0 Å². The number of nitrogens with zero attached hydrogens (tertiary/aromatic N) is 6. The van der Waals surface area contributed by atoms with E-state index in [1.54, 1.807) is 23.0 Å². The third kappa shape index (κ3) is 4.38. The monoisotopic (exact) mass is 545 g/mol. The molecule has 5 rings (SSSR count). The Morgan fingerprint density at radius 2 is 2.22 bits per heavy atom. The van der Waals surface area contributed by atoms with Gasteiger partial charge in [-0.25, -0.2) is 4.79 Å². The highest BCUT2D eigenvalue weighted by Crippen LogP contribution is 2.40. The quantitative estimate of drug-likeness (QED) is 0.118. The standard InChI is InChI=1S/C21H20N8O6S2/c1-35-25-13(16-24-21(22)37-26-16)17(31)23-14-18(32)29-15(20(33)34)11(9-36-19(14)29)6-27-4-5-28-3-2-10(8-30)12(28)7-27/h2-5,7,14,19,30H,6,8-9H2,1H3,(H3-,22,23,24,26,31,33,34)/p+1/b25-13-/t14-,19-/m1/s1. The van der Waals surface area contributed by atoms with Crippen LogP contribution in [-0.2, 0) is 32.4 Å². The van der Waals surface area contributed by atoms with Crippen LogP contribution >= 0.6 is 23.3 Å². The lowest BCUT2D eigenvalue weighted by molar-refractivity contribution is -0.688. The van der Waals surface area contributed by atoms with E-state index in [-0.39, 0.29) is 35.5 Å². The van der Waals surface area contributed by atoms with Crippen LogP contribution in [0.2, 0.25) is 0 Å². The van der Waals surface area contributed by atoms with Gasteiger partial charge in [-0.15, -0.1) is 11.8 Å².